The fraction of sp³-hybridized carbons (Fsp3) is 0.565. The summed E-state index contributed by atoms with van der Waals surface area (Å²) in [5.41, 5.74) is 0.0300. The lowest BCUT2D eigenvalue weighted by atomic mass is 9.95. The van der Waals surface area contributed by atoms with Gasteiger partial charge >= 0.3 is 0 Å². The van der Waals surface area contributed by atoms with E-state index in [1.807, 2.05) is 11.8 Å². The van der Waals surface area contributed by atoms with Crippen molar-refractivity contribution < 1.29 is 19.8 Å². The molecule has 2 N–H and O–H groups in total. The predicted molar refractivity (Wildman–Crippen MR) is 126 cm³/mol. The molecule has 2 atom stereocenters. The molecule has 2 fully saturated rings. The minimum Gasteiger partial charge on any atom is -0.390 e. The number of carbonyl (C=O) groups excluding carboxylic acids is 2. The SMILES string of the molecule is CC1(O)CCCN(CC(O)CN2CCN(C(=O)/C=C/c3ccc(Cl)c(Cl)c3)CCC2=O)C1. The molecule has 2 aliphatic heterocycles. The molecule has 0 aliphatic carbocycles. The van der Waals surface area contributed by atoms with E-state index in [1.54, 1.807) is 34.1 Å². The second-order valence-corrected chi connectivity index (χ2v) is 9.73. The van der Waals surface area contributed by atoms with Crippen LogP contribution >= 0.6 is 23.2 Å². The van der Waals surface area contributed by atoms with E-state index in [-0.39, 0.29) is 24.8 Å². The van der Waals surface area contributed by atoms with Crippen LogP contribution in [0.25, 0.3) is 6.08 Å². The van der Waals surface area contributed by atoms with Crippen LogP contribution in [0.3, 0.4) is 0 Å². The average molecular weight is 484 g/mol. The lowest BCUT2D eigenvalue weighted by molar-refractivity contribution is -0.132. The van der Waals surface area contributed by atoms with Gasteiger partial charge in [-0.05, 0) is 50.1 Å². The first-order valence-electron chi connectivity index (χ1n) is 11.0. The van der Waals surface area contributed by atoms with Crippen molar-refractivity contribution in [3.63, 3.8) is 0 Å². The summed E-state index contributed by atoms with van der Waals surface area (Å²) in [6.45, 7) is 4.91. The van der Waals surface area contributed by atoms with E-state index in [2.05, 4.69) is 0 Å². The minimum atomic E-state index is -0.734. The van der Waals surface area contributed by atoms with Gasteiger partial charge in [0.25, 0.3) is 0 Å². The number of amides is 2. The first-order chi connectivity index (χ1) is 15.1. The fourth-order valence-corrected chi connectivity index (χ4v) is 4.56. The lowest BCUT2D eigenvalue weighted by Gasteiger charge is -2.38. The molecule has 1 aromatic carbocycles. The first kappa shape index (κ1) is 25.0. The number of aliphatic hydroxyl groups excluding tert-OH is 1. The molecule has 176 valence electrons. The topological polar surface area (TPSA) is 84.3 Å². The third-order valence-corrected chi connectivity index (χ3v) is 6.65. The molecule has 2 saturated heterocycles. The van der Waals surface area contributed by atoms with Crippen LogP contribution in [-0.2, 0) is 9.59 Å². The molecule has 9 heteroatoms. The zero-order chi connectivity index (χ0) is 23.3. The Hall–Kier alpha value is -1.64. The number of halogens is 2. The zero-order valence-corrected chi connectivity index (χ0v) is 19.9. The normalized spacial score (nSPS) is 24.1. The van der Waals surface area contributed by atoms with Gasteiger partial charge in [0.1, 0.15) is 0 Å². The van der Waals surface area contributed by atoms with Crippen molar-refractivity contribution in [2.24, 2.45) is 0 Å². The maximum atomic E-state index is 12.6. The van der Waals surface area contributed by atoms with Crippen LogP contribution in [0.15, 0.2) is 24.3 Å². The Morgan fingerprint density at radius 2 is 1.97 bits per heavy atom. The van der Waals surface area contributed by atoms with E-state index >= 15 is 0 Å². The van der Waals surface area contributed by atoms with Crippen LogP contribution < -0.4 is 0 Å². The number of benzene rings is 1. The van der Waals surface area contributed by atoms with Gasteiger partial charge in [-0.25, -0.2) is 0 Å². The molecule has 0 radical (unpaired) electrons. The van der Waals surface area contributed by atoms with Crippen LogP contribution in [0, 0.1) is 0 Å². The minimum absolute atomic E-state index is 0.0709. The third kappa shape index (κ3) is 7.18. The first-order valence-corrected chi connectivity index (χ1v) is 11.7. The Morgan fingerprint density at radius 1 is 1.19 bits per heavy atom. The molecule has 2 amide bonds. The van der Waals surface area contributed by atoms with E-state index in [1.165, 1.54) is 6.08 Å². The monoisotopic (exact) mass is 483 g/mol. The van der Waals surface area contributed by atoms with E-state index in [0.29, 0.717) is 42.8 Å². The number of aliphatic hydroxyl groups is 2. The molecule has 0 bridgehead atoms. The largest absolute Gasteiger partial charge is 0.390 e. The van der Waals surface area contributed by atoms with Crippen LogP contribution in [-0.4, -0.2) is 94.2 Å². The summed E-state index contributed by atoms with van der Waals surface area (Å²) in [6.07, 6.45) is 4.30. The van der Waals surface area contributed by atoms with Crippen molar-refractivity contribution in [2.75, 3.05) is 45.8 Å². The van der Waals surface area contributed by atoms with Crippen molar-refractivity contribution in [3.05, 3.63) is 39.9 Å². The van der Waals surface area contributed by atoms with Crippen LogP contribution in [0.5, 0.6) is 0 Å². The summed E-state index contributed by atoms with van der Waals surface area (Å²) in [5.74, 6) is -0.250. The Labute approximate surface area is 199 Å². The lowest BCUT2D eigenvalue weighted by Crippen LogP contribution is -2.50. The molecule has 0 saturated carbocycles. The van der Waals surface area contributed by atoms with Crippen LogP contribution in [0.2, 0.25) is 10.0 Å². The Bertz CT molecular complexity index is 862. The van der Waals surface area contributed by atoms with Gasteiger partial charge in [0.15, 0.2) is 0 Å². The number of hydrogen-bond acceptors (Lipinski definition) is 5. The van der Waals surface area contributed by atoms with Crippen molar-refractivity contribution >= 4 is 41.1 Å². The van der Waals surface area contributed by atoms with Crippen LogP contribution in [0.4, 0.5) is 0 Å². The number of likely N-dealkylation sites (tertiary alicyclic amines) is 1. The van der Waals surface area contributed by atoms with E-state index in [4.69, 9.17) is 23.2 Å². The average Bonchev–Trinajstić information content (AvgIpc) is 2.90. The van der Waals surface area contributed by atoms with E-state index in [9.17, 15) is 19.8 Å². The molecular formula is C23H31Cl2N3O4. The molecule has 0 spiro atoms. The highest BCUT2D eigenvalue weighted by Gasteiger charge is 2.30. The number of piperidine rings is 1. The van der Waals surface area contributed by atoms with Gasteiger partial charge in [-0.3, -0.25) is 14.5 Å². The number of nitrogens with zero attached hydrogens (tertiary/aromatic N) is 3. The summed E-state index contributed by atoms with van der Waals surface area (Å²) < 4.78 is 0. The number of hydrogen-bond donors (Lipinski definition) is 2. The van der Waals surface area contributed by atoms with Crippen LogP contribution in [0.1, 0.15) is 31.7 Å². The molecule has 2 aliphatic rings. The van der Waals surface area contributed by atoms with Gasteiger partial charge in [0.05, 0.1) is 21.8 Å². The Balaban J connectivity index is 1.51. The standard InChI is InChI=1S/C23H31Cl2N3O4/c1-23(32)8-2-9-26(16-23)14-18(29)15-28-12-11-27(10-7-22(28)31)21(30)6-4-17-3-5-19(24)20(25)13-17/h3-6,13,18,29,32H,2,7-12,14-16H2,1H3/b6-4+. The molecule has 7 nitrogen and oxygen atoms in total. The van der Waals surface area contributed by atoms with Gasteiger partial charge in [-0.15, -0.1) is 0 Å². The predicted octanol–water partition coefficient (Wildman–Crippen LogP) is 2.28. The third-order valence-electron chi connectivity index (χ3n) is 5.92. The smallest absolute Gasteiger partial charge is 0.246 e. The van der Waals surface area contributed by atoms with Crippen molar-refractivity contribution in [1.29, 1.82) is 0 Å². The summed E-state index contributed by atoms with van der Waals surface area (Å²) in [6, 6.07) is 5.13. The zero-order valence-electron chi connectivity index (χ0n) is 18.3. The van der Waals surface area contributed by atoms with Gasteiger partial charge in [-0.2, -0.15) is 0 Å². The number of β-amino-alcohol motifs (C(OH)–C–C–N with tert-alkyl or cyclic N) is 2. The molecule has 32 heavy (non-hydrogen) atoms. The number of carbonyl (C=O) groups is 2. The summed E-state index contributed by atoms with van der Waals surface area (Å²) >= 11 is 11.9. The van der Waals surface area contributed by atoms with Crippen molar-refractivity contribution in [1.82, 2.24) is 14.7 Å². The number of rotatable bonds is 6. The van der Waals surface area contributed by atoms with Gasteiger partial charge < -0.3 is 20.0 Å². The second kappa shape index (κ2) is 11.0. The molecule has 3 rings (SSSR count). The molecule has 0 aromatic heterocycles. The molecule has 1 aromatic rings. The Morgan fingerprint density at radius 3 is 2.69 bits per heavy atom. The second-order valence-electron chi connectivity index (χ2n) is 8.91. The van der Waals surface area contributed by atoms with Gasteiger partial charge in [0, 0.05) is 51.8 Å². The highest BCUT2D eigenvalue weighted by molar-refractivity contribution is 6.42. The Kier molecular flexibility index (Phi) is 8.58. The van der Waals surface area contributed by atoms with Crippen molar-refractivity contribution in [3.8, 4) is 0 Å². The quantitative estimate of drug-likeness (QED) is 0.606. The molecule has 2 heterocycles. The summed E-state index contributed by atoms with van der Waals surface area (Å²) in [5, 5.41) is 21.6. The maximum Gasteiger partial charge on any atom is 0.246 e. The highest BCUT2D eigenvalue weighted by atomic mass is 35.5. The van der Waals surface area contributed by atoms with Gasteiger partial charge in [-0.1, -0.05) is 29.3 Å². The molecular weight excluding hydrogens is 453 g/mol. The highest BCUT2D eigenvalue weighted by Crippen LogP contribution is 2.23. The van der Waals surface area contributed by atoms with Gasteiger partial charge in [0.2, 0.25) is 11.8 Å². The maximum absolute atomic E-state index is 12.6. The molecule has 2 unspecified atom stereocenters. The summed E-state index contributed by atoms with van der Waals surface area (Å²) in [7, 11) is 0. The van der Waals surface area contributed by atoms with E-state index < -0.39 is 11.7 Å². The van der Waals surface area contributed by atoms with E-state index in [0.717, 1.165) is 24.9 Å². The fourth-order valence-electron chi connectivity index (χ4n) is 4.26. The van der Waals surface area contributed by atoms with Crippen molar-refractivity contribution in [2.45, 2.75) is 37.9 Å². The summed E-state index contributed by atoms with van der Waals surface area (Å²) in [4.78, 5) is 30.5.